The fraction of sp³-hybridized carbons (Fsp3) is 0.458. The molecule has 8 nitrogen and oxygen atoms in total. The first kappa shape index (κ1) is 23.7. The van der Waals surface area contributed by atoms with Gasteiger partial charge in [0.15, 0.2) is 0 Å². The van der Waals surface area contributed by atoms with Crippen molar-refractivity contribution in [2.24, 2.45) is 0 Å². The molecular formula is C24H34N6O2. The number of aliphatic hydroxyl groups is 1. The normalized spacial score (nSPS) is 11.4. The van der Waals surface area contributed by atoms with Gasteiger partial charge >= 0.3 is 0 Å². The Labute approximate surface area is 189 Å². The van der Waals surface area contributed by atoms with Gasteiger partial charge in [0, 0.05) is 25.8 Å². The average molecular weight is 439 g/mol. The van der Waals surface area contributed by atoms with Crippen molar-refractivity contribution in [2.45, 2.75) is 46.2 Å². The van der Waals surface area contributed by atoms with E-state index in [4.69, 9.17) is 5.73 Å². The van der Waals surface area contributed by atoms with E-state index in [9.17, 15) is 9.90 Å². The zero-order chi connectivity index (χ0) is 22.9. The average Bonchev–Trinajstić information content (AvgIpc) is 2.77. The SMILES string of the molecule is CCCCNc1nc(N)nc2ccn(Cc3ccc(CN(CCC)CCO)cc3)c(=O)c12. The van der Waals surface area contributed by atoms with E-state index in [0.29, 0.717) is 29.8 Å². The van der Waals surface area contributed by atoms with Crippen molar-refractivity contribution in [2.75, 3.05) is 37.3 Å². The maximum absolute atomic E-state index is 13.2. The van der Waals surface area contributed by atoms with E-state index in [1.165, 1.54) is 5.56 Å². The van der Waals surface area contributed by atoms with Crippen molar-refractivity contribution < 1.29 is 5.11 Å². The Morgan fingerprint density at radius 3 is 2.50 bits per heavy atom. The highest BCUT2D eigenvalue weighted by Crippen LogP contribution is 2.18. The summed E-state index contributed by atoms with van der Waals surface area (Å²) in [5.74, 6) is 0.651. The van der Waals surface area contributed by atoms with Gasteiger partial charge in [0.2, 0.25) is 5.95 Å². The van der Waals surface area contributed by atoms with Crippen molar-refractivity contribution in [1.29, 1.82) is 0 Å². The molecule has 0 aliphatic rings. The van der Waals surface area contributed by atoms with Gasteiger partial charge in [0.05, 0.1) is 18.7 Å². The van der Waals surface area contributed by atoms with Crippen LogP contribution in [0.2, 0.25) is 0 Å². The minimum atomic E-state index is -0.136. The van der Waals surface area contributed by atoms with Crippen LogP contribution in [0.25, 0.3) is 10.9 Å². The number of benzene rings is 1. The monoisotopic (exact) mass is 438 g/mol. The molecule has 32 heavy (non-hydrogen) atoms. The van der Waals surface area contributed by atoms with Crippen molar-refractivity contribution >= 4 is 22.7 Å². The topological polar surface area (TPSA) is 109 Å². The van der Waals surface area contributed by atoms with Crippen molar-refractivity contribution in [3.8, 4) is 0 Å². The number of nitrogens with one attached hydrogen (secondary N) is 1. The van der Waals surface area contributed by atoms with Gasteiger partial charge in [-0.1, -0.05) is 44.5 Å². The molecule has 0 amide bonds. The molecule has 0 atom stereocenters. The molecule has 3 aromatic rings. The third-order valence-electron chi connectivity index (χ3n) is 5.40. The van der Waals surface area contributed by atoms with Gasteiger partial charge in [-0.2, -0.15) is 4.98 Å². The first-order valence-electron chi connectivity index (χ1n) is 11.4. The van der Waals surface area contributed by atoms with Crippen molar-refractivity contribution in [3.63, 3.8) is 0 Å². The summed E-state index contributed by atoms with van der Waals surface area (Å²) in [6.45, 7) is 8.02. The zero-order valence-electron chi connectivity index (χ0n) is 19.0. The fourth-order valence-electron chi connectivity index (χ4n) is 3.77. The van der Waals surface area contributed by atoms with E-state index in [-0.39, 0.29) is 18.1 Å². The van der Waals surface area contributed by atoms with Crippen LogP contribution in [0.4, 0.5) is 11.8 Å². The lowest BCUT2D eigenvalue weighted by atomic mass is 10.1. The van der Waals surface area contributed by atoms with E-state index >= 15 is 0 Å². The Kier molecular flexibility index (Phi) is 8.58. The molecule has 4 N–H and O–H groups in total. The second-order valence-electron chi connectivity index (χ2n) is 8.04. The summed E-state index contributed by atoms with van der Waals surface area (Å²) in [7, 11) is 0. The first-order chi connectivity index (χ1) is 15.5. The highest BCUT2D eigenvalue weighted by Gasteiger charge is 2.12. The van der Waals surface area contributed by atoms with Crippen LogP contribution in [0.1, 0.15) is 44.2 Å². The summed E-state index contributed by atoms with van der Waals surface area (Å²) in [4.78, 5) is 24.0. The number of rotatable bonds is 12. The minimum absolute atomic E-state index is 0.136. The quantitative estimate of drug-likeness (QED) is 0.373. The van der Waals surface area contributed by atoms with Gasteiger partial charge in [-0.15, -0.1) is 0 Å². The van der Waals surface area contributed by atoms with Gasteiger partial charge in [-0.3, -0.25) is 9.69 Å². The second kappa shape index (κ2) is 11.6. The summed E-state index contributed by atoms with van der Waals surface area (Å²) < 4.78 is 1.68. The molecule has 0 fully saturated rings. The Bertz CT molecular complexity index is 1060. The number of fused-ring (bicyclic) bond motifs is 1. The standard InChI is InChI=1S/C24H34N6O2/c1-3-5-11-26-22-21-20(27-24(25)28-22)10-13-30(23(21)32)17-19-8-6-18(7-9-19)16-29(12-4-2)14-15-31/h6-10,13,31H,3-5,11-12,14-17H2,1-2H3,(H3,25,26,27,28). The Balaban J connectivity index is 1.81. The van der Waals surface area contributed by atoms with E-state index in [0.717, 1.165) is 44.5 Å². The predicted molar refractivity (Wildman–Crippen MR) is 130 cm³/mol. The van der Waals surface area contributed by atoms with Gasteiger partial charge < -0.3 is 20.7 Å². The summed E-state index contributed by atoms with van der Waals surface area (Å²) in [6, 6.07) is 10.1. The third-order valence-corrected chi connectivity index (χ3v) is 5.40. The fourth-order valence-corrected chi connectivity index (χ4v) is 3.77. The molecule has 2 heterocycles. The van der Waals surface area contributed by atoms with E-state index in [2.05, 4.69) is 58.3 Å². The third kappa shape index (κ3) is 6.05. The number of nitrogens with two attached hydrogens (primary N) is 1. The summed E-state index contributed by atoms with van der Waals surface area (Å²) in [5.41, 5.74) is 8.48. The number of nitrogen functional groups attached to an aromatic ring is 1. The van der Waals surface area contributed by atoms with Crippen LogP contribution in [0.3, 0.4) is 0 Å². The molecule has 0 saturated heterocycles. The van der Waals surface area contributed by atoms with Crippen LogP contribution in [0.15, 0.2) is 41.3 Å². The number of hydrogen-bond acceptors (Lipinski definition) is 7. The maximum atomic E-state index is 13.2. The van der Waals surface area contributed by atoms with E-state index < -0.39 is 0 Å². The molecular weight excluding hydrogens is 404 g/mol. The lowest BCUT2D eigenvalue weighted by Gasteiger charge is -2.20. The smallest absolute Gasteiger partial charge is 0.264 e. The summed E-state index contributed by atoms with van der Waals surface area (Å²) in [5, 5.41) is 13.0. The number of anilines is 2. The zero-order valence-corrected chi connectivity index (χ0v) is 19.0. The number of aliphatic hydroxyl groups excluding tert-OH is 1. The maximum Gasteiger partial charge on any atom is 0.264 e. The van der Waals surface area contributed by atoms with Crippen LogP contribution in [0, 0.1) is 0 Å². The van der Waals surface area contributed by atoms with E-state index in [1.807, 2.05) is 6.07 Å². The van der Waals surface area contributed by atoms with Crippen molar-refractivity contribution in [3.05, 3.63) is 58.0 Å². The molecule has 2 aromatic heterocycles. The van der Waals surface area contributed by atoms with Crippen LogP contribution in [-0.4, -0.2) is 50.8 Å². The molecule has 8 heteroatoms. The van der Waals surface area contributed by atoms with Crippen LogP contribution < -0.4 is 16.6 Å². The van der Waals surface area contributed by atoms with Gasteiger partial charge in [-0.25, -0.2) is 4.98 Å². The number of aromatic nitrogens is 3. The lowest BCUT2D eigenvalue weighted by Crippen LogP contribution is -2.27. The molecule has 1 aromatic carbocycles. The van der Waals surface area contributed by atoms with Crippen molar-refractivity contribution in [1.82, 2.24) is 19.4 Å². The van der Waals surface area contributed by atoms with Crippen LogP contribution in [-0.2, 0) is 13.1 Å². The van der Waals surface area contributed by atoms with Crippen LogP contribution >= 0.6 is 0 Å². The second-order valence-corrected chi connectivity index (χ2v) is 8.04. The molecule has 0 spiro atoms. The van der Waals surface area contributed by atoms with Gasteiger partial charge in [0.1, 0.15) is 11.2 Å². The van der Waals surface area contributed by atoms with Gasteiger partial charge in [-0.05, 0) is 36.6 Å². The molecule has 3 rings (SSSR count). The summed E-state index contributed by atoms with van der Waals surface area (Å²) in [6.07, 6.45) is 4.83. The Hall–Kier alpha value is -2.97. The molecule has 0 aliphatic heterocycles. The first-order valence-corrected chi connectivity index (χ1v) is 11.4. The number of pyridine rings is 1. The molecule has 0 bridgehead atoms. The summed E-state index contributed by atoms with van der Waals surface area (Å²) >= 11 is 0. The number of unbranched alkanes of at least 4 members (excludes halogenated alkanes) is 1. The Morgan fingerprint density at radius 1 is 1.06 bits per heavy atom. The molecule has 0 unspecified atom stereocenters. The highest BCUT2D eigenvalue weighted by molar-refractivity contribution is 5.89. The Morgan fingerprint density at radius 2 is 1.81 bits per heavy atom. The van der Waals surface area contributed by atoms with Gasteiger partial charge in [0.25, 0.3) is 5.56 Å². The van der Waals surface area contributed by atoms with E-state index in [1.54, 1.807) is 10.8 Å². The molecule has 0 aliphatic carbocycles. The predicted octanol–water partition coefficient (Wildman–Crippen LogP) is 2.84. The largest absolute Gasteiger partial charge is 0.395 e. The lowest BCUT2D eigenvalue weighted by molar-refractivity contribution is 0.190. The molecule has 0 saturated carbocycles. The molecule has 172 valence electrons. The molecule has 0 radical (unpaired) electrons. The van der Waals surface area contributed by atoms with Crippen LogP contribution in [0.5, 0.6) is 0 Å². The number of hydrogen-bond donors (Lipinski definition) is 3. The minimum Gasteiger partial charge on any atom is -0.395 e. The highest BCUT2D eigenvalue weighted by atomic mass is 16.3. The number of nitrogens with zero attached hydrogens (tertiary/aromatic N) is 4.